The van der Waals surface area contributed by atoms with Gasteiger partial charge < -0.3 is 4.90 Å². The van der Waals surface area contributed by atoms with Gasteiger partial charge in [0.15, 0.2) is 0 Å². The first-order chi connectivity index (χ1) is 13.4. The number of anilines is 1. The van der Waals surface area contributed by atoms with Gasteiger partial charge in [-0.15, -0.1) is 0 Å². The summed E-state index contributed by atoms with van der Waals surface area (Å²) in [5, 5.41) is 0. The van der Waals surface area contributed by atoms with Crippen LogP contribution < -0.4 is 4.90 Å². The first-order valence-electron chi connectivity index (χ1n) is 10.1. The Balaban J connectivity index is 1.93. The third kappa shape index (κ3) is 4.70. The Labute approximate surface area is 168 Å². The van der Waals surface area contributed by atoms with Gasteiger partial charge in [-0.3, -0.25) is 0 Å². The predicted molar refractivity (Wildman–Crippen MR) is 113 cm³/mol. The van der Waals surface area contributed by atoms with Gasteiger partial charge in [0.25, 0.3) is 0 Å². The molecule has 1 aromatic heterocycles. The van der Waals surface area contributed by atoms with E-state index in [1.165, 1.54) is 5.56 Å². The summed E-state index contributed by atoms with van der Waals surface area (Å²) < 4.78 is 26.2. The lowest BCUT2D eigenvalue weighted by molar-refractivity contribution is 0.434. The van der Waals surface area contributed by atoms with Crippen LogP contribution in [0.2, 0.25) is 0 Å². The largest absolute Gasteiger partial charge is 0.355 e. The van der Waals surface area contributed by atoms with Crippen molar-refractivity contribution in [2.75, 3.05) is 36.8 Å². The number of benzene rings is 1. The molecule has 2 aromatic rings. The van der Waals surface area contributed by atoms with Gasteiger partial charge in [0.2, 0.25) is 10.0 Å². The molecule has 7 heteroatoms. The summed E-state index contributed by atoms with van der Waals surface area (Å²) in [6.07, 6.45) is 2.43. The maximum atomic E-state index is 12.3. The Morgan fingerprint density at radius 3 is 2.43 bits per heavy atom. The monoisotopic (exact) mass is 402 g/mol. The number of aromatic nitrogens is 2. The van der Waals surface area contributed by atoms with E-state index in [4.69, 9.17) is 9.97 Å². The van der Waals surface area contributed by atoms with Crippen LogP contribution in [0.25, 0.3) is 0 Å². The maximum Gasteiger partial charge on any atom is 0.213 e. The molecule has 0 atom stereocenters. The van der Waals surface area contributed by atoms with Crippen LogP contribution in [-0.4, -0.2) is 54.6 Å². The van der Waals surface area contributed by atoms with Crippen molar-refractivity contribution in [1.82, 2.24) is 14.3 Å². The highest BCUT2D eigenvalue weighted by atomic mass is 32.2. The van der Waals surface area contributed by atoms with Crippen LogP contribution in [0.4, 0.5) is 5.82 Å². The highest BCUT2D eigenvalue weighted by Crippen LogP contribution is 2.26. The highest BCUT2D eigenvalue weighted by Gasteiger charge is 2.26. The first kappa shape index (κ1) is 20.7. The highest BCUT2D eigenvalue weighted by molar-refractivity contribution is 7.89. The summed E-state index contributed by atoms with van der Waals surface area (Å²) in [5.41, 5.74) is 3.47. The van der Waals surface area contributed by atoms with Crippen LogP contribution in [0.15, 0.2) is 30.3 Å². The minimum Gasteiger partial charge on any atom is -0.355 e. The molecule has 0 radical (unpaired) electrons. The molecule has 3 rings (SSSR count). The number of hydrogen-bond donors (Lipinski definition) is 0. The molecule has 1 fully saturated rings. The fourth-order valence-corrected chi connectivity index (χ4v) is 4.87. The lowest BCUT2D eigenvalue weighted by atomic mass is 10.0. The average molecular weight is 403 g/mol. The molecule has 28 heavy (non-hydrogen) atoms. The van der Waals surface area contributed by atoms with Crippen molar-refractivity contribution in [1.29, 1.82) is 0 Å². The zero-order chi connectivity index (χ0) is 20.1. The van der Waals surface area contributed by atoms with E-state index >= 15 is 0 Å². The van der Waals surface area contributed by atoms with Crippen molar-refractivity contribution in [3.05, 3.63) is 53.0 Å². The molecule has 1 aromatic carbocycles. The fourth-order valence-electron chi connectivity index (χ4n) is 3.74. The van der Waals surface area contributed by atoms with Crippen molar-refractivity contribution in [3.63, 3.8) is 0 Å². The van der Waals surface area contributed by atoms with E-state index in [2.05, 4.69) is 36.1 Å². The molecule has 0 bridgehead atoms. The Kier molecular flexibility index (Phi) is 6.67. The molecule has 0 amide bonds. The Hall–Kier alpha value is -1.99. The minimum atomic E-state index is -3.16. The van der Waals surface area contributed by atoms with E-state index in [0.29, 0.717) is 19.6 Å². The zero-order valence-corrected chi connectivity index (χ0v) is 17.9. The fraction of sp³-hybridized carbons (Fsp3) is 0.524. The molecular formula is C21H30N4O2S. The Bertz CT molecular complexity index is 900. The molecule has 0 unspecified atom stereocenters. The van der Waals surface area contributed by atoms with Crippen LogP contribution in [0, 0.1) is 6.92 Å². The summed E-state index contributed by atoms with van der Waals surface area (Å²) in [6, 6.07) is 10.4. The third-order valence-corrected chi connectivity index (χ3v) is 7.14. The van der Waals surface area contributed by atoms with E-state index in [9.17, 15) is 8.42 Å². The van der Waals surface area contributed by atoms with E-state index < -0.39 is 10.0 Å². The van der Waals surface area contributed by atoms with E-state index in [1.54, 1.807) is 11.2 Å². The Morgan fingerprint density at radius 2 is 1.75 bits per heavy atom. The second-order valence-corrected chi connectivity index (χ2v) is 9.43. The quantitative estimate of drug-likeness (QED) is 0.743. The van der Waals surface area contributed by atoms with Gasteiger partial charge in [0.1, 0.15) is 11.6 Å². The topological polar surface area (TPSA) is 66.4 Å². The van der Waals surface area contributed by atoms with Gasteiger partial charge in [0, 0.05) is 43.9 Å². The first-order valence-corrected chi connectivity index (χ1v) is 11.7. The second kappa shape index (κ2) is 9.01. The van der Waals surface area contributed by atoms with Crippen LogP contribution in [-0.2, 0) is 22.9 Å². The van der Waals surface area contributed by atoms with Crippen LogP contribution in [0.3, 0.4) is 0 Å². The van der Waals surface area contributed by atoms with Crippen molar-refractivity contribution in [2.45, 2.75) is 40.0 Å². The SMILES string of the molecule is CCc1nc(C)nc(N2CCCN(S(=O)(=O)CC)CC2)c1Cc1ccccc1. The number of hydrogen-bond acceptors (Lipinski definition) is 5. The normalized spacial score (nSPS) is 16.2. The molecule has 1 aliphatic heterocycles. The average Bonchev–Trinajstić information content (AvgIpc) is 2.96. The zero-order valence-electron chi connectivity index (χ0n) is 17.1. The van der Waals surface area contributed by atoms with Gasteiger partial charge in [-0.1, -0.05) is 37.3 Å². The molecular weight excluding hydrogens is 372 g/mol. The summed E-state index contributed by atoms with van der Waals surface area (Å²) in [4.78, 5) is 11.7. The van der Waals surface area contributed by atoms with Crippen molar-refractivity contribution in [2.24, 2.45) is 0 Å². The van der Waals surface area contributed by atoms with Crippen molar-refractivity contribution >= 4 is 15.8 Å². The van der Waals surface area contributed by atoms with Crippen molar-refractivity contribution < 1.29 is 8.42 Å². The lowest BCUT2D eigenvalue weighted by Gasteiger charge is -2.26. The standard InChI is InChI=1S/C21H30N4O2S/c1-4-20-19(16-18-10-7-6-8-11-18)21(23-17(3)22-20)24-12-9-13-25(15-14-24)28(26,27)5-2/h6-8,10-11H,4-5,9,12-16H2,1-3H3. The smallest absolute Gasteiger partial charge is 0.213 e. The molecule has 1 saturated heterocycles. The molecule has 0 saturated carbocycles. The summed E-state index contributed by atoms with van der Waals surface area (Å²) >= 11 is 0. The number of sulfonamides is 1. The van der Waals surface area contributed by atoms with Gasteiger partial charge in [-0.2, -0.15) is 0 Å². The number of rotatable bonds is 6. The number of aryl methyl sites for hydroxylation is 2. The van der Waals surface area contributed by atoms with E-state index in [-0.39, 0.29) is 5.75 Å². The van der Waals surface area contributed by atoms with E-state index in [0.717, 1.165) is 48.7 Å². The molecule has 0 spiro atoms. The van der Waals surface area contributed by atoms with Gasteiger partial charge >= 0.3 is 0 Å². The molecule has 2 heterocycles. The van der Waals surface area contributed by atoms with Crippen LogP contribution in [0.5, 0.6) is 0 Å². The maximum absolute atomic E-state index is 12.3. The van der Waals surface area contributed by atoms with Crippen molar-refractivity contribution in [3.8, 4) is 0 Å². The number of nitrogens with zero attached hydrogens (tertiary/aromatic N) is 4. The third-order valence-electron chi connectivity index (χ3n) is 5.25. The van der Waals surface area contributed by atoms with Gasteiger partial charge in [-0.25, -0.2) is 22.7 Å². The summed E-state index contributed by atoms with van der Waals surface area (Å²) in [7, 11) is -3.16. The summed E-state index contributed by atoms with van der Waals surface area (Å²) in [5.74, 6) is 1.88. The van der Waals surface area contributed by atoms with Gasteiger partial charge in [-0.05, 0) is 32.3 Å². The molecule has 1 aliphatic rings. The van der Waals surface area contributed by atoms with Crippen LogP contribution >= 0.6 is 0 Å². The van der Waals surface area contributed by atoms with E-state index in [1.807, 2.05) is 13.0 Å². The molecule has 6 nitrogen and oxygen atoms in total. The Morgan fingerprint density at radius 1 is 1.00 bits per heavy atom. The molecule has 152 valence electrons. The van der Waals surface area contributed by atoms with Crippen LogP contribution in [0.1, 0.15) is 42.9 Å². The molecule has 0 N–H and O–H groups in total. The second-order valence-electron chi connectivity index (χ2n) is 7.18. The predicted octanol–water partition coefficient (Wildman–Crippen LogP) is 2.80. The minimum absolute atomic E-state index is 0.152. The lowest BCUT2D eigenvalue weighted by Crippen LogP contribution is -2.36. The molecule has 0 aliphatic carbocycles. The van der Waals surface area contributed by atoms with Gasteiger partial charge in [0.05, 0.1) is 5.75 Å². The summed E-state index contributed by atoms with van der Waals surface area (Å²) in [6.45, 7) is 8.30.